The van der Waals surface area contributed by atoms with Crippen molar-refractivity contribution in [3.8, 4) is 0 Å². The van der Waals surface area contributed by atoms with Crippen LogP contribution < -0.4 is 5.73 Å². The molecule has 1 nitrogen and oxygen atoms in total. The van der Waals surface area contributed by atoms with Gasteiger partial charge in [-0.1, -0.05) is 29.3 Å². The lowest BCUT2D eigenvalue weighted by molar-refractivity contribution is 1.46. The molecule has 0 radical (unpaired) electrons. The van der Waals surface area contributed by atoms with Gasteiger partial charge < -0.3 is 5.73 Å². The molecule has 0 bridgehead atoms. The van der Waals surface area contributed by atoms with Crippen LogP contribution in [0.25, 0.3) is 0 Å². The fraction of sp³-hybridized carbons (Fsp3) is 0.111. The molecule has 70 valence electrons. The molecule has 1 rings (SSSR count). The standard InChI is InChI=1S/C9H9Cl2NS/c10-4-1-5-13-9-3-2-7(11)6-8(9)12/h1-4,6H,5,12H2/b4-1+. The lowest BCUT2D eigenvalue weighted by atomic mass is 10.3. The van der Waals surface area contributed by atoms with Crippen LogP contribution in [-0.4, -0.2) is 5.75 Å². The van der Waals surface area contributed by atoms with Gasteiger partial charge in [0.1, 0.15) is 0 Å². The van der Waals surface area contributed by atoms with Crippen LogP contribution in [0.15, 0.2) is 34.7 Å². The third-order valence-corrected chi connectivity index (χ3v) is 2.85. The van der Waals surface area contributed by atoms with Gasteiger partial charge in [-0.25, -0.2) is 0 Å². The number of hydrogen-bond acceptors (Lipinski definition) is 2. The maximum atomic E-state index is 5.75. The topological polar surface area (TPSA) is 26.0 Å². The molecule has 0 spiro atoms. The molecular formula is C9H9Cl2NS. The second-order valence-corrected chi connectivity index (χ2v) is 4.11. The first kappa shape index (κ1) is 10.8. The van der Waals surface area contributed by atoms with Crippen LogP contribution in [0.2, 0.25) is 5.02 Å². The second kappa shape index (κ2) is 5.43. The van der Waals surface area contributed by atoms with Crippen molar-refractivity contribution in [2.75, 3.05) is 11.5 Å². The smallest absolute Gasteiger partial charge is 0.0467 e. The van der Waals surface area contributed by atoms with Crippen molar-refractivity contribution in [1.29, 1.82) is 0 Å². The third-order valence-electron chi connectivity index (χ3n) is 1.40. The number of hydrogen-bond donors (Lipinski definition) is 1. The fourth-order valence-electron chi connectivity index (χ4n) is 0.825. The number of rotatable bonds is 3. The summed E-state index contributed by atoms with van der Waals surface area (Å²) in [5, 5.41) is 0.662. The molecule has 0 aliphatic rings. The first-order chi connectivity index (χ1) is 6.24. The van der Waals surface area contributed by atoms with Crippen molar-refractivity contribution in [2.45, 2.75) is 4.90 Å². The summed E-state index contributed by atoms with van der Waals surface area (Å²) >= 11 is 12.8. The van der Waals surface area contributed by atoms with Gasteiger partial charge in [-0.2, -0.15) is 0 Å². The number of thioether (sulfide) groups is 1. The van der Waals surface area contributed by atoms with Crippen molar-refractivity contribution in [3.05, 3.63) is 34.8 Å². The van der Waals surface area contributed by atoms with E-state index in [9.17, 15) is 0 Å². The van der Waals surface area contributed by atoms with Crippen LogP contribution in [0.1, 0.15) is 0 Å². The molecular weight excluding hydrogens is 225 g/mol. The van der Waals surface area contributed by atoms with Gasteiger partial charge in [0, 0.05) is 26.9 Å². The van der Waals surface area contributed by atoms with Crippen molar-refractivity contribution < 1.29 is 0 Å². The maximum Gasteiger partial charge on any atom is 0.0467 e. The van der Waals surface area contributed by atoms with Crippen molar-refractivity contribution in [2.24, 2.45) is 0 Å². The lowest BCUT2D eigenvalue weighted by Crippen LogP contribution is -1.88. The summed E-state index contributed by atoms with van der Waals surface area (Å²) < 4.78 is 0. The Bertz CT molecular complexity index is 312. The Kier molecular flexibility index (Phi) is 4.50. The van der Waals surface area contributed by atoms with Crippen LogP contribution in [0.4, 0.5) is 5.69 Å². The van der Waals surface area contributed by atoms with Gasteiger partial charge in [-0.15, -0.1) is 11.8 Å². The number of halogens is 2. The maximum absolute atomic E-state index is 5.75. The minimum Gasteiger partial charge on any atom is -0.398 e. The summed E-state index contributed by atoms with van der Waals surface area (Å²) in [7, 11) is 0. The molecule has 2 N–H and O–H groups in total. The summed E-state index contributed by atoms with van der Waals surface area (Å²) in [5.41, 5.74) is 7.95. The fourth-order valence-corrected chi connectivity index (χ4v) is 1.96. The quantitative estimate of drug-likeness (QED) is 0.636. The molecule has 1 aromatic rings. The normalized spacial score (nSPS) is 10.9. The predicted octanol–water partition coefficient (Wildman–Crippen LogP) is 3.77. The Balaban J connectivity index is 2.66. The first-order valence-corrected chi connectivity index (χ1v) is 5.47. The van der Waals surface area contributed by atoms with Crippen molar-refractivity contribution >= 4 is 40.7 Å². The Hall–Kier alpha value is -0.310. The third kappa shape index (κ3) is 3.51. The molecule has 4 heteroatoms. The SMILES string of the molecule is Nc1cc(Cl)ccc1SC/C=C/Cl. The monoisotopic (exact) mass is 233 g/mol. The minimum atomic E-state index is 0.662. The second-order valence-electron chi connectivity index (χ2n) is 2.35. The highest BCUT2D eigenvalue weighted by molar-refractivity contribution is 7.99. The highest BCUT2D eigenvalue weighted by Gasteiger charge is 1.98. The molecule has 13 heavy (non-hydrogen) atoms. The van der Waals surface area contributed by atoms with Gasteiger partial charge >= 0.3 is 0 Å². The zero-order chi connectivity index (χ0) is 9.68. The van der Waals surface area contributed by atoms with E-state index in [1.807, 2.05) is 18.2 Å². The van der Waals surface area contributed by atoms with Crippen LogP contribution in [0, 0.1) is 0 Å². The Morgan fingerprint density at radius 3 is 2.85 bits per heavy atom. The van der Waals surface area contributed by atoms with E-state index < -0.39 is 0 Å². The van der Waals surface area contributed by atoms with Crippen LogP contribution in [0.5, 0.6) is 0 Å². The van der Waals surface area contributed by atoms with E-state index in [2.05, 4.69) is 0 Å². The lowest BCUT2D eigenvalue weighted by Gasteiger charge is -2.02. The molecule has 0 aliphatic carbocycles. The molecule has 0 aromatic heterocycles. The molecule has 0 aliphatic heterocycles. The molecule has 0 fully saturated rings. The van der Waals surface area contributed by atoms with E-state index >= 15 is 0 Å². The summed E-state index contributed by atoms with van der Waals surface area (Å²) in [5.74, 6) is 0.815. The van der Waals surface area contributed by atoms with Crippen LogP contribution in [0.3, 0.4) is 0 Å². The highest BCUT2D eigenvalue weighted by Crippen LogP contribution is 2.27. The molecule has 0 unspecified atom stereocenters. The molecule has 0 saturated carbocycles. The summed E-state index contributed by atoms with van der Waals surface area (Å²) in [6.45, 7) is 0. The van der Waals surface area contributed by atoms with Gasteiger partial charge in [-0.3, -0.25) is 0 Å². The van der Waals surface area contributed by atoms with Gasteiger partial charge in [0.05, 0.1) is 0 Å². The molecule has 0 saturated heterocycles. The number of anilines is 1. The first-order valence-electron chi connectivity index (χ1n) is 3.67. The Morgan fingerprint density at radius 2 is 2.23 bits per heavy atom. The zero-order valence-corrected chi connectivity index (χ0v) is 9.16. The van der Waals surface area contributed by atoms with Crippen molar-refractivity contribution in [1.82, 2.24) is 0 Å². The van der Waals surface area contributed by atoms with Gasteiger partial charge in [0.25, 0.3) is 0 Å². The predicted molar refractivity (Wildman–Crippen MR) is 61.6 cm³/mol. The van der Waals surface area contributed by atoms with E-state index in [1.54, 1.807) is 17.8 Å². The minimum absolute atomic E-state index is 0.662. The van der Waals surface area contributed by atoms with Crippen LogP contribution >= 0.6 is 35.0 Å². The Morgan fingerprint density at radius 1 is 1.46 bits per heavy atom. The van der Waals surface area contributed by atoms with Crippen molar-refractivity contribution in [3.63, 3.8) is 0 Å². The average molecular weight is 234 g/mol. The van der Waals surface area contributed by atoms with Gasteiger partial charge in [-0.05, 0) is 18.2 Å². The molecule has 1 aromatic carbocycles. The van der Waals surface area contributed by atoms with E-state index in [-0.39, 0.29) is 0 Å². The largest absolute Gasteiger partial charge is 0.398 e. The van der Waals surface area contributed by atoms with E-state index in [0.717, 1.165) is 10.6 Å². The highest BCUT2D eigenvalue weighted by atomic mass is 35.5. The van der Waals surface area contributed by atoms with E-state index in [0.29, 0.717) is 10.7 Å². The van der Waals surface area contributed by atoms with Gasteiger partial charge in [0.2, 0.25) is 0 Å². The number of nitrogens with two attached hydrogens (primary N) is 1. The summed E-state index contributed by atoms with van der Waals surface area (Å²) in [6, 6.07) is 5.48. The summed E-state index contributed by atoms with van der Waals surface area (Å²) in [4.78, 5) is 1.03. The molecule has 0 amide bonds. The van der Waals surface area contributed by atoms with Gasteiger partial charge in [0.15, 0.2) is 0 Å². The number of benzene rings is 1. The number of nitrogen functional groups attached to an aromatic ring is 1. The zero-order valence-electron chi connectivity index (χ0n) is 6.84. The van der Waals surface area contributed by atoms with E-state index in [1.165, 1.54) is 5.54 Å². The average Bonchev–Trinajstić information content (AvgIpc) is 2.09. The van der Waals surface area contributed by atoms with Crippen LogP contribution in [-0.2, 0) is 0 Å². The van der Waals surface area contributed by atoms with E-state index in [4.69, 9.17) is 28.9 Å². The molecule has 0 atom stereocenters. The Labute approximate surface area is 91.9 Å². The summed E-state index contributed by atoms with van der Waals surface area (Å²) in [6.07, 6.45) is 1.86. The molecule has 0 heterocycles.